The van der Waals surface area contributed by atoms with Gasteiger partial charge in [-0.15, -0.1) is 0 Å². The van der Waals surface area contributed by atoms with Crippen LogP contribution in [0.1, 0.15) is 47.5 Å². The van der Waals surface area contributed by atoms with Gasteiger partial charge < -0.3 is 10.1 Å². The van der Waals surface area contributed by atoms with Crippen LogP contribution in [0.4, 0.5) is 0 Å². The van der Waals surface area contributed by atoms with Gasteiger partial charge in [-0.1, -0.05) is 0 Å². The van der Waals surface area contributed by atoms with Crippen molar-refractivity contribution in [2.45, 2.75) is 64.6 Å². The second kappa shape index (κ2) is 3.58. The molecule has 0 bridgehead atoms. The van der Waals surface area contributed by atoms with E-state index in [2.05, 4.69) is 39.9 Å². The molecule has 2 heteroatoms. The van der Waals surface area contributed by atoms with E-state index in [1.54, 1.807) is 0 Å². The Balaban J connectivity index is 2.25. The summed E-state index contributed by atoms with van der Waals surface area (Å²) in [6, 6.07) is 0.550. The van der Waals surface area contributed by atoms with Crippen molar-refractivity contribution in [2.24, 2.45) is 0 Å². The zero-order chi connectivity index (χ0) is 10.1. The highest BCUT2D eigenvalue weighted by Gasteiger charge is 2.30. The number of nitrogens with one attached hydrogen (secondary N) is 1. The zero-order valence-electron chi connectivity index (χ0n) is 9.61. The van der Waals surface area contributed by atoms with Crippen molar-refractivity contribution in [1.82, 2.24) is 5.32 Å². The second-order valence-corrected chi connectivity index (χ2v) is 5.69. The molecule has 1 aliphatic heterocycles. The Bertz CT molecular complexity index is 169. The van der Waals surface area contributed by atoms with E-state index in [9.17, 15) is 0 Å². The molecular formula is C11H23NO. The lowest BCUT2D eigenvalue weighted by Crippen LogP contribution is -2.40. The van der Waals surface area contributed by atoms with Crippen molar-refractivity contribution in [3.8, 4) is 0 Å². The van der Waals surface area contributed by atoms with Crippen LogP contribution in [0.2, 0.25) is 0 Å². The minimum atomic E-state index is -0.00554. The standard InChI is InChI=1S/C11H23NO/c1-10(2,3)13-8-9-6-7-11(4,5)12-9/h9,12H,6-8H2,1-5H3/t9-/m0/s1. The molecule has 1 aliphatic rings. The number of hydrogen-bond donors (Lipinski definition) is 1. The van der Waals surface area contributed by atoms with Gasteiger partial charge in [0.25, 0.3) is 0 Å². The Morgan fingerprint density at radius 1 is 1.38 bits per heavy atom. The smallest absolute Gasteiger partial charge is 0.0626 e. The summed E-state index contributed by atoms with van der Waals surface area (Å²) in [7, 11) is 0. The fraction of sp³-hybridized carbons (Fsp3) is 1.00. The molecule has 1 heterocycles. The van der Waals surface area contributed by atoms with Gasteiger partial charge in [0.2, 0.25) is 0 Å². The molecule has 13 heavy (non-hydrogen) atoms. The molecule has 1 saturated heterocycles. The molecular weight excluding hydrogens is 162 g/mol. The Kier molecular flexibility index (Phi) is 3.03. The third-order valence-electron chi connectivity index (χ3n) is 2.43. The molecule has 78 valence electrons. The van der Waals surface area contributed by atoms with Crippen LogP contribution < -0.4 is 5.32 Å². The van der Waals surface area contributed by atoms with Crippen LogP contribution >= 0.6 is 0 Å². The molecule has 0 amide bonds. The van der Waals surface area contributed by atoms with E-state index in [4.69, 9.17) is 4.74 Å². The van der Waals surface area contributed by atoms with Crippen molar-refractivity contribution < 1.29 is 4.74 Å². The van der Waals surface area contributed by atoms with E-state index in [1.165, 1.54) is 12.8 Å². The summed E-state index contributed by atoms with van der Waals surface area (Å²) >= 11 is 0. The molecule has 2 nitrogen and oxygen atoms in total. The van der Waals surface area contributed by atoms with Crippen molar-refractivity contribution in [3.63, 3.8) is 0 Å². The molecule has 1 rings (SSSR count). The maximum Gasteiger partial charge on any atom is 0.0626 e. The van der Waals surface area contributed by atoms with E-state index < -0.39 is 0 Å². The van der Waals surface area contributed by atoms with E-state index in [0.29, 0.717) is 11.6 Å². The average molecular weight is 185 g/mol. The van der Waals surface area contributed by atoms with E-state index in [0.717, 1.165) is 6.61 Å². The first-order valence-corrected chi connectivity index (χ1v) is 5.20. The summed E-state index contributed by atoms with van der Waals surface area (Å²) in [4.78, 5) is 0. The first-order chi connectivity index (χ1) is 5.79. The molecule has 1 fully saturated rings. The molecule has 1 N–H and O–H groups in total. The fourth-order valence-electron chi connectivity index (χ4n) is 1.71. The predicted octanol–water partition coefficient (Wildman–Crippen LogP) is 2.33. The van der Waals surface area contributed by atoms with Gasteiger partial charge in [0.15, 0.2) is 0 Å². The minimum Gasteiger partial charge on any atom is -0.374 e. The largest absolute Gasteiger partial charge is 0.374 e. The van der Waals surface area contributed by atoms with Gasteiger partial charge >= 0.3 is 0 Å². The van der Waals surface area contributed by atoms with Crippen LogP contribution in [-0.4, -0.2) is 23.8 Å². The Hall–Kier alpha value is -0.0800. The summed E-state index contributed by atoms with van der Waals surface area (Å²) in [6.07, 6.45) is 2.49. The third-order valence-corrected chi connectivity index (χ3v) is 2.43. The lowest BCUT2D eigenvalue weighted by Gasteiger charge is -2.24. The summed E-state index contributed by atoms with van der Waals surface area (Å²) in [5.74, 6) is 0. The minimum absolute atomic E-state index is 0.00554. The highest BCUT2D eigenvalue weighted by atomic mass is 16.5. The van der Waals surface area contributed by atoms with E-state index in [1.807, 2.05) is 0 Å². The van der Waals surface area contributed by atoms with Crippen LogP contribution in [0, 0.1) is 0 Å². The van der Waals surface area contributed by atoms with Gasteiger partial charge in [-0.05, 0) is 47.5 Å². The second-order valence-electron chi connectivity index (χ2n) is 5.69. The number of hydrogen-bond acceptors (Lipinski definition) is 2. The monoisotopic (exact) mass is 185 g/mol. The molecule has 1 atom stereocenters. The molecule has 0 radical (unpaired) electrons. The molecule has 0 unspecified atom stereocenters. The zero-order valence-corrected chi connectivity index (χ0v) is 9.61. The van der Waals surface area contributed by atoms with Gasteiger partial charge in [-0.25, -0.2) is 0 Å². The third kappa shape index (κ3) is 4.10. The van der Waals surface area contributed by atoms with Crippen LogP contribution in [0.5, 0.6) is 0 Å². The Morgan fingerprint density at radius 2 is 2.00 bits per heavy atom. The molecule has 0 aromatic heterocycles. The van der Waals surface area contributed by atoms with Gasteiger partial charge in [0.1, 0.15) is 0 Å². The maximum atomic E-state index is 5.74. The SMILES string of the molecule is CC1(C)CC[C@@H](COC(C)(C)C)N1. The Morgan fingerprint density at radius 3 is 2.38 bits per heavy atom. The first kappa shape index (κ1) is 11.0. The normalized spacial score (nSPS) is 27.9. The molecule has 0 aliphatic carbocycles. The topological polar surface area (TPSA) is 21.3 Å². The van der Waals surface area contributed by atoms with Crippen molar-refractivity contribution in [1.29, 1.82) is 0 Å². The van der Waals surface area contributed by atoms with Crippen molar-refractivity contribution >= 4 is 0 Å². The quantitative estimate of drug-likeness (QED) is 0.713. The van der Waals surface area contributed by atoms with Gasteiger partial charge in [0.05, 0.1) is 12.2 Å². The van der Waals surface area contributed by atoms with Gasteiger partial charge in [0, 0.05) is 11.6 Å². The first-order valence-electron chi connectivity index (χ1n) is 5.20. The average Bonchev–Trinajstić information content (AvgIpc) is 2.24. The highest BCUT2D eigenvalue weighted by molar-refractivity contribution is 4.90. The maximum absolute atomic E-state index is 5.74. The van der Waals surface area contributed by atoms with Crippen LogP contribution in [0.3, 0.4) is 0 Å². The fourth-order valence-corrected chi connectivity index (χ4v) is 1.71. The van der Waals surface area contributed by atoms with Crippen LogP contribution in [0.15, 0.2) is 0 Å². The Labute approximate surface area is 82.0 Å². The van der Waals surface area contributed by atoms with Crippen molar-refractivity contribution in [3.05, 3.63) is 0 Å². The van der Waals surface area contributed by atoms with Crippen LogP contribution in [0.25, 0.3) is 0 Å². The van der Waals surface area contributed by atoms with Gasteiger partial charge in [-0.3, -0.25) is 0 Å². The summed E-state index contributed by atoms with van der Waals surface area (Å²) in [5, 5.41) is 3.58. The molecule has 0 saturated carbocycles. The molecule has 0 spiro atoms. The molecule has 0 aromatic rings. The highest BCUT2D eigenvalue weighted by Crippen LogP contribution is 2.23. The van der Waals surface area contributed by atoms with Gasteiger partial charge in [-0.2, -0.15) is 0 Å². The van der Waals surface area contributed by atoms with E-state index in [-0.39, 0.29) is 5.60 Å². The summed E-state index contributed by atoms with van der Waals surface area (Å²) in [6.45, 7) is 11.7. The number of ether oxygens (including phenoxy) is 1. The predicted molar refractivity (Wildman–Crippen MR) is 55.9 cm³/mol. The van der Waals surface area contributed by atoms with Crippen molar-refractivity contribution in [2.75, 3.05) is 6.61 Å². The molecule has 0 aromatic carbocycles. The van der Waals surface area contributed by atoms with E-state index >= 15 is 0 Å². The van der Waals surface area contributed by atoms with Crippen LogP contribution in [-0.2, 0) is 4.74 Å². The summed E-state index contributed by atoms with van der Waals surface area (Å²) < 4.78 is 5.74. The lowest BCUT2D eigenvalue weighted by molar-refractivity contribution is -0.0132. The summed E-state index contributed by atoms with van der Waals surface area (Å²) in [5.41, 5.74) is 0.306. The lowest BCUT2D eigenvalue weighted by atomic mass is 10.0. The number of rotatable bonds is 2.